The zero-order valence-electron chi connectivity index (χ0n) is 8.50. The van der Waals surface area contributed by atoms with Crippen molar-refractivity contribution in [2.75, 3.05) is 5.32 Å². The molecule has 2 aromatic rings. The van der Waals surface area contributed by atoms with Crippen molar-refractivity contribution >= 4 is 17.6 Å². The second-order valence-corrected chi connectivity index (χ2v) is 3.65. The monoisotopic (exact) mass is 241 g/mol. The van der Waals surface area contributed by atoms with E-state index >= 15 is 0 Å². The molecule has 0 fully saturated rings. The lowest BCUT2D eigenvalue weighted by Crippen LogP contribution is -2.02. The molecule has 0 amide bonds. The summed E-state index contributed by atoms with van der Waals surface area (Å²) in [6.45, 7) is 1.92. The molecule has 1 aromatic carbocycles. The molecule has 2 rings (SSSR count). The highest BCUT2D eigenvalue weighted by Gasteiger charge is 2.05. The Hall–Kier alpha value is -1.62. The summed E-state index contributed by atoms with van der Waals surface area (Å²) in [5.41, 5.74) is 0.448. The highest BCUT2D eigenvalue weighted by atomic mass is 35.5. The first-order chi connectivity index (χ1) is 7.65. The number of aromatic nitrogens is 2. The Morgan fingerprint density at radius 2 is 2.25 bits per heavy atom. The van der Waals surface area contributed by atoms with Crippen LogP contribution in [0.15, 0.2) is 22.6 Å². The van der Waals surface area contributed by atoms with Gasteiger partial charge < -0.3 is 9.73 Å². The Morgan fingerprint density at radius 3 is 2.94 bits per heavy atom. The smallest absolute Gasteiger partial charge is 0.315 e. The van der Waals surface area contributed by atoms with Crippen molar-refractivity contribution in [1.29, 1.82) is 0 Å². The van der Waals surface area contributed by atoms with Crippen LogP contribution in [0, 0.1) is 12.7 Å². The average Bonchev–Trinajstić information content (AvgIpc) is 2.66. The molecule has 84 valence electrons. The minimum absolute atomic E-state index is 0.244. The minimum atomic E-state index is -0.326. The minimum Gasteiger partial charge on any atom is -0.408 e. The van der Waals surface area contributed by atoms with Gasteiger partial charge in [0.1, 0.15) is 5.82 Å². The highest BCUT2D eigenvalue weighted by molar-refractivity contribution is 6.30. The van der Waals surface area contributed by atoms with E-state index in [0.29, 0.717) is 16.5 Å². The van der Waals surface area contributed by atoms with Gasteiger partial charge in [-0.2, -0.15) is 0 Å². The van der Waals surface area contributed by atoms with Crippen LogP contribution in [-0.4, -0.2) is 10.2 Å². The molecule has 16 heavy (non-hydrogen) atoms. The van der Waals surface area contributed by atoms with Crippen molar-refractivity contribution in [3.05, 3.63) is 40.5 Å². The van der Waals surface area contributed by atoms with E-state index in [2.05, 4.69) is 15.5 Å². The molecule has 6 heteroatoms. The summed E-state index contributed by atoms with van der Waals surface area (Å²) < 4.78 is 18.4. The third-order valence-electron chi connectivity index (χ3n) is 1.96. The Kier molecular flexibility index (Phi) is 3.05. The summed E-state index contributed by atoms with van der Waals surface area (Å²) in [5.74, 6) is 0.127. The second kappa shape index (κ2) is 4.49. The summed E-state index contributed by atoms with van der Waals surface area (Å²) in [4.78, 5) is 0. The number of hydrogen-bond donors (Lipinski definition) is 1. The van der Waals surface area contributed by atoms with Crippen molar-refractivity contribution in [3.8, 4) is 0 Å². The van der Waals surface area contributed by atoms with Gasteiger partial charge in [-0.05, 0) is 18.2 Å². The van der Waals surface area contributed by atoms with E-state index in [-0.39, 0.29) is 18.4 Å². The number of halogens is 2. The Labute approximate surface area is 96.4 Å². The predicted octanol–water partition coefficient (Wildman–Crippen LogP) is 2.78. The van der Waals surface area contributed by atoms with Crippen molar-refractivity contribution in [2.45, 2.75) is 13.5 Å². The largest absolute Gasteiger partial charge is 0.408 e. The fraction of sp³-hybridized carbons (Fsp3) is 0.200. The number of anilines is 1. The molecular formula is C10H9ClFN3O. The molecule has 0 saturated heterocycles. The third-order valence-corrected chi connectivity index (χ3v) is 2.20. The molecule has 0 saturated carbocycles. The Morgan fingerprint density at radius 1 is 1.44 bits per heavy atom. The van der Waals surface area contributed by atoms with Crippen LogP contribution in [0.25, 0.3) is 0 Å². The maximum atomic E-state index is 13.3. The maximum Gasteiger partial charge on any atom is 0.315 e. The Bertz CT molecular complexity index is 501. The highest BCUT2D eigenvalue weighted by Crippen LogP contribution is 2.16. The van der Waals surface area contributed by atoms with E-state index in [1.807, 2.05) is 0 Å². The Balaban J connectivity index is 2.07. The fourth-order valence-corrected chi connectivity index (χ4v) is 1.41. The van der Waals surface area contributed by atoms with Crippen molar-refractivity contribution < 1.29 is 8.81 Å². The van der Waals surface area contributed by atoms with Crippen LogP contribution in [0.5, 0.6) is 0 Å². The van der Waals surface area contributed by atoms with Gasteiger partial charge in [-0.3, -0.25) is 0 Å². The predicted molar refractivity (Wildman–Crippen MR) is 57.8 cm³/mol. The topological polar surface area (TPSA) is 51.0 Å². The van der Waals surface area contributed by atoms with Crippen LogP contribution in [-0.2, 0) is 6.54 Å². The number of benzene rings is 1. The molecule has 0 unspecified atom stereocenters. The van der Waals surface area contributed by atoms with Gasteiger partial charge in [0, 0.05) is 24.1 Å². The molecule has 0 aliphatic carbocycles. The molecule has 0 spiro atoms. The molecule has 4 nitrogen and oxygen atoms in total. The molecule has 0 radical (unpaired) electrons. The lowest BCUT2D eigenvalue weighted by Gasteiger charge is -2.03. The van der Waals surface area contributed by atoms with E-state index < -0.39 is 0 Å². The van der Waals surface area contributed by atoms with Gasteiger partial charge in [0.2, 0.25) is 5.89 Å². The van der Waals surface area contributed by atoms with E-state index in [4.69, 9.17) is 16.0 Å². The molecular weight excluding hydrogens is 233 g/mol. The molecule has 1 aromatic heterocycles. The van der Waals surface area contributed by atoms with E-state index in [0.717, 1.165) is 0 Å². The molecule has 1 heterocycles. The van der Waals surface area contributed by atoms with Gasteiger partial charge >= 0.3 is 6.01 Å². The van der Waals surface area contributed by atoms with Crippen molar-refractivity contribution in [3.63, 3.8) is 0 Å². The van der Waals surface area contributed by atoms with Gasteiger partial charge in [0.25, 0.3) is 0 Å². The molecule has 0 atom stereocenters. The zero-order chi connectivity index (χ0) is 11.5. The number of aryl methyl sites for hydroxylation is 1. The van der Waals surface area contributed by atoms with E-state index in [1.165, 1.54) is 12.1 Å². The van der Waals surface area contributed by atoms with E-state index in [9.17, 15) is 4.39 Å². The van der Waals surface area contributed by atoms with Crippen LogP contribution in [0.3, 0.4) is 0 Å². The van der Waals surface area contributed by atoms with Crippen molar-refractivity contribution in [2.24, 2.45) is 0 Å². The number of hydrogen-bond acceptors (Lipinski definition) is 4. The number of nitrogens with zero attached hydrogens (tertiary/aromatic N) is 2. The van der Waals surface area contributed by atoms with Crippen LogP contribution in [0.1, 0.15) is 11.5 Å². The standard InChI is InChI=1S/C10H9ClFN3O/c1-6-14-15-10(16-6)13-5-7-4-8(11)2-3-9(7)12/h2-4H,5H2,1H3,(H,13,15). The lowest BCUT2D eigenvalue weighted by atomic mass is 10.2. The summed E-state index contributed by atoms with van der Waals surface area (Å²) in [5, 5.41) is 10.7. The summed E-state index contributed by atoms with van der Waals surface area (Å²) >= 11 is 5.76. The zero-order valence-corrected chi connectivity index (χ0v) is 9.25. The fourth-order valence-electron chi connectivity index (χ4n) is 1.22. The maximum absolute atomic E-state index is 13.3. The van der Waals surface area contributed by atoms with Gasteiger partial charge in [-0.1, -0.05) is 16.7 Å². The second-order valence-electron chi connectivity index (χ2n) is 3.22. The van der Waals surface area contributed by atoms with Crippen molar-refractivity contribution in [1.82, 2.24) is 10.2 Å². The van der Waals surface area contributed by atoms with Crippen LogP contribution >= 0.6 is 11.6 Å². The van der Waals surface area contributed by atoms with Gasteiger partial charge in [0.05, 0.1) is 0 Å². The normalized spacial score (nSPS) is 10.4. The quantitative estimate of drug-likeness (QED) is 0.898. The third kappa shape index (κ3) is 2.49. The number of nitrogens with one attached hydrogen (secondary N) is 1. The summed E-state index contributed by atoms with van der Waals surface area (Å²) in [7, 11) is 0. The van der Waals surface area contributed by atoms with Crippen LogP contribution in [0.2, 0.25) is 5.02 Å². The van der Waals surface area contributed by atoms with Gasteiger partial charge in [-0.15, -0.1) is 5.10 Å². The molecule has 1 N–H and O–H groups in total. The molecule has 0 aliphatic heterocycles. The summed E-state index contributed by atoms with van der Waals surface area (Å²) in [6.07, 6.45) is 0. The van der Waals surface area contributed by atoms with Gasteiger partial charge in [0.15, 0.2) is 0 Å². The van der Waals surface area contributed by atoms with E-state index in [1.54, 1.807) is 13.0 Å². The number of rotatable bonds is 3. The first-order valence-corrected chi connectivity index (χ1v) is 5.01. The van der Waals surface area contributed by atoms with Crippen LogP contribution in [0.4, 0.5) is 10.4 Å². The summed E-state index contributed by atoms with van der Waals surface area (Å²) in [6, 6.07) is 4.62. The van der Waals surface area contributed by atoms with Gasteiger partial charge in [-0.25, -0.2) is 4.39 Å². The first kappa shape index (κ1) is 10.9. The lowest BCUT2D eigenvalue weighted by molar-refractivity contribution is 0.529. The SMILES string of the molecule is Cc1nnc(NCc2cc(Cl)ccc2F)o1. The average molecular weight is 242 g/mol. The van der Waals surface area contributed by atoms with Crippen LogP contribution < -0.4 is 5.32 Å². The first-order valence-electron chi connectivity index (χ1n) is 4.63. The molecule has 0 aliphatic rings. The molecule has 0 bridgehead atoms.